The highest BCUT2D eigenvalue weighted by atomic mass is 19.1. The van der Waals surface area contributed by atoms with Gasteiger partial charge in [-0.25, -0.2) is 28.3 Å². The molecule has 0 aliphatic carbocycles. The first-order valence-electron chi connectivity index (χ1n) is 13.8. The Morgan fingerprint density at radius 2 is 1.73 bits per heavy atom. The summed E-state index contributed by atoms with van der Waals surface area (Å²) in [4.78, 5) is 47.0. The summed E-state index contributed by atoms with van der Waals surface area (Å²) in [5.41, 5.74) is 2.73. The van der Waals surface area contributed by atoms with Gasteiger partial charge in [0.1, 0.15) is 17.3 Å². The normalized spacial score (nSPS) is 12.2. The van der Waals surface area contributed by atoms with Crippen molar-refractivity contribution < 1.29 is 28.3 Å². The molecule has 5 rings (SSSR count). The van der Waals surface area contributed by atoms with E-state index in [4.69, 9.17) is 5.11 Å². The van der Waals surface area contributed by atoms with Gasteiger partial charge in [-0.05, 0) is 48.7 Å². The predicted octanol–water partition coefficient (Wildman–Crippen LogP) is 5.09. The summed E-state index contributed by atoms with van der Waals surface area (Å²) in [5.74, 6) is -2.23. The Balaban J connectivity index is 1.56. The second kappa shape index (κ2) is 13.2. The van der Waals surface area contributed by atoms with Gasteiger partial charge in [0, 0.05) is 36.3 Å². The van der Waals surface area contributed by atoms with Crippen LogP contribution in [0.5, 0.6) is 0 Å². The van der Waals surface area contributed by atoms with Gasteiger partial charge in [0.2, 0.25) is 5.95 Å². The Morgan fingerprint density at radius 1 is 0.977 bits per heavy atom. The van der Waals surface area contributed by atoms with Crippen LogP contribution in [0.3, 0.4) is 0 Å². The maximum Gasteiger partial charge on any atom is 0.404 e. The quantitative estimate of drug-likeness (QED) is 0.159. The second-order valence-electron chi connectivity index (χ2n) is 9.97. The first kappa shape index (κ1) is 29.9. The largest absolute Gasteiger partial charge is 0.465 e. The van der Waals surface area contributed by atoms with E-state index >= 15 is 0 Å². The molecule has 0 bridgehead atoms. The van der Waals surface area contributed by atoms with E-state index in [-0.39, 0.29) is 37.3 Å². The minimum absolute atomic E-state index is 0.0350. The van der Waals surface area contributed by atoms with Gasteiger partial charge in [0.15, 0.2) is 5.82 Å². The smallest absolute Gasteiger partial charge is 0.404 e. The van der Waals surface area contributed by atoms with E-state index in [1.54, 1.807) is 18.2 Å². The van der Waals surface area contributed by atoms with Gasteiger partial charge >= 0.3 is 12.1 Å². The lowest BCUT2D eigenvalue weighted by Crippen LogP contribution is -2.43. The molecular formula is C31H29F2N7O4. The zero-order valence-corrected chi connectivity index (χ0v) is 23.7. The zero-order chi connectivity index (χ0) is 31.2. The van der Waals surface area contributed by atoms with Crippen molar-refractivity contribution in [3.8, 4) is 11.3 Å². The van der Waals surface area contributed by atoms with E-state index in [2.05, 4.69) is 31.2 Å². The monoisotopic (exact) mass is 601 g/mol. The third-order valence-electron chi connectivity index (χ3n) is 6.94. The Hall–Kier alpha value is -5.59. The number of carbonyl (C=O) groups is 3. The van der Waals surface area contributed by atoms with Crippen LogP contribution < -0.4 is 26.2 Å². The summed E-state index contributed by atoms with van der Waals surface area (Å²) >= 11 is 0. The van der Waals surface area contributed by atoms with Crippen LogP contribution in [0.1, 0.15) is 33.5 Å². The molecule has 0 radical (unpaired) electrons. The van der Waals surface area contributed by atoms with E-state index in [9.17, 15) is 23.2 Å². The first-order valence-corrected chi connectivity index (χ1v) is 13.8. The van der Waals surface area contributed by atoms with Gasteiger partial charge in [-0.2, -0.15) is 4.98 Å². The highest BCUT2D eigenvalue weighted by Crippen LogP contribution is 2.39. The zero-order valence-electron chi connectivity index (χ0n) is 23.7. The number of anilines is 3. The number of amides is 4. The number of rotatable bonds is 10. The van der Waals surface area contributed by atoms with Gasteiger partial charge in [-0.3, -0.25) is 4.79 Å². The van der Waals surface area contributed by atoms with E-state index in [1.807, 2.05) is 37.3 Å². The lowest BCUT2D eigenvalue weighted by Gasteiger charge is -2.31. The number of para-hydroxylation sites is 1. The number of urea groups is 1. The molecule has 1 aromatic heterocycles. The molecule has 44 heavy (non-hydrogen) atoms. The molecule has 0 atom stereocenters. The Kier molecular flexibility index (Phi) is 8.93. The minimum atomic E-state index is -1.16. The Labute approximate surface area is 251 Å². The number of halogens is 2. The van der Waals surface area contributed by atoms with Crippen LogP contribution in [0.15, 0.2) is 66.7 Å². The summed E-state index contributed by atoms with van der Waals surface area (Å²) < 4.78 is 29.9. The van der Waals surface area contributed by atoms with Gasteiger partial charge in [-0.15, -0.1) is 0 Å². The highest BCUT2D eigenvalue weighted by molar-refractivity contribution is 6.02. The van der Waals surface area contributed by atoms with Crippen molar-refractivity contribution in [2.24, 2.45) is 0 Å². The molecule has 1 aliphatic rings. The maximum absolute atomic E-state index is 15.0. The second-order valence-corrected chi connectivity index (χ2v) is 9.97. The van der Waals surface area contributed by atoms with Crippen LogP contribution in [0, 0.1) is 18.6 Å². The molecule has 226 valence electrons. The Bertz CT molecular complexity index is 1700. The van der Waals surface area contributed by atoms with Crippen LogP contribution in [-0.2, 0) is 13.1 Å². The number of nitrogens with zero attached hydrogens (tertiary/aromatic N) is 3. The fraction of sp³-hybridized carbons (Fsp3) is 0.194. The summed E-state index contributed by atoms with van der Waals surface area (Å²) in [6, 6.07) is 17.1. The number of aromatic nitrogens is 2. The van der Waals surface area contributed by atoms with Gasteiger partial charge < -0.3 is 26.4 Å². The van der Waals surface area contributed by atoms with Crippen molar-refractivity contribution in [2.75, 3.05) is 23.3 Å². The lowest BCUT2D eigenvalue weighted by atomic mass is 9.97. The molecule has 3 aromatic carbocycles. The predicted molar refractivity (Wildman–Crippen MR) is 160 cm³/mol. The standard InChI is InChI=1S/C31H29F2N7O4/c1-18-11-12-20(28(41)36-16-19-7-3-2-4-8-19)15-21(18)25-22-17-37-30(42)40(26-23(32)9-5-10-24(26)33)27(22)39-29(38-25)34-13-6-14-35-31(43)44/h2-5,7-12,15,35H,6,13-14,16-17H2,1H3,(H,36,41)(H,37,42)(H,43,44)(H,34,38,39). The molecule has 0 unspecified atom stereocenters. The molecule has 5 N–H and O–H groups in total. The molecule has 0 saturated carbocycles. The SMILES string of the molecule is Cc1ccc(C(=O)NCc2ccccc2)cc1-c1nc(NCCCNC(=O)O)nc2c1CNC(=O)N2c1c(F)cccc1F. The van der Waals surface area contributed by atoms with Crippen LogP contribution in [0.25, 0.3) is 11.3 Å². The molecule has 11 nitrogen and oxygen atoms in total. The van der Waals surface area contributed by atoms with Crippen molar-refractivity contribution in [1.82, 2.24) is 25.9 Å². The number of aryl methyl sites for hydroxylation is 1. The van der Waals surface area contributed by atoms with Crippen molar-refractivity contribution in [3.05, 3.63) is 101 Å². The van der Waals surface area contributed by atoms with E-state index in [0.29, 0.717) is 35.3 Å². The van der Waals surface area contributed by atoms with Gasteiger partial charge in [0.25, 0.3) is 5.91 Å². The number of hydrogen-bond acceptors (Lipinski definition) is 6. The number of carboxylic acid groups (broad SMARTS) is 1. The summed E-state index contributed by atoms with van der Waals surface area (Å²) in [6.07, 6.45) is -0.779. The molecule has 1 aliphatic heterocycles. The van der Waals surface area contributed by atoms with Crippen LogP contribution >= 0.6 is 0 Å². The average Bonchev–Trinajstić information content (AvgIpc) is 3.01. The number of carbonyl (C=O) groups excluding carboxylic acids is 2. The summed E-state index contributed by atoms with van der Waals surface area (Å²) in [5, 5.41) is 19.6. The van der Waals surface area contributed by atoms with Crippen molar-refractivity contribution in [3.63, 3.8) is 0 Å². The summed E-state index contributed by atoms with van der Waals surface area (Å²) in [6.45, 7) is 2.53. The molecule has 2 heterocycles. The third kappa shape index (κ3) is 6.56. The third-order valence-corrected chi connectivity index (χ3v) is 6.94. The molecule has 0 fully saturated rings. The number of nitrogens with one attached hydrogen (secondary N) is 4. The van der Waals surface area contributed by atoms with Crippen LogP contribution in [0.4, 0.5) is 35.8 Å². The highest BCUT2D eigenvalue weighted by Gasteiger charge is 2.34. The van der Waals surface area contributed by atoms with Crippen molar-refractivity contribution in [2.45, 2.75) is 26.4 Å². The average molecular weight is 602 g/mol. The van der Waals surface area contributed by atoms with Crippen molar-refractivity contribution >= 4 is 35.5 Å². The van der Waals surface area contributed by atoms with E-state index in [0.717, 1.165) is 28.2 Å². The number of benzene rings is 3. The lowest BCUT2D eigenvalue weighted by molar-refractivity contribution is 0.0951. The molecule has 13 heteroatoms. The van der Waals surface area contributed by atoms with E-state index < -0.39 is 29.4 Å². The molecule has 4 aromatic rings. The number of fused-ring (bicyclic) bond motifs is 1. The molecule has 0 saturated heterocycles. The topological polar surface area (TPSA) is 149 Å². The van der Waals surface area contributed by atoms with Crippen LogP contribution in [0.2, 0.25) is 0 Å². The maximum atomic E-state index is 15.0. The Morgan fingerprint density at radius 3 is 2.45 bits per heavy atom. The minimum Gasteiger partial charge on any atom is -0.465 e. The van der Waals surface area contributed by atoms with Crippen LogP contribution in [-0.4, -0.2) is 46.2 Å². The molecule has 0 spiro atoms. The van der Waals surface area contributed by atoms with Crippen molar-refractivity contribution in [1.29, 1.82) is 0 Å². The van der Waals surface area contributed by atoms with E-state index in [1.165, 1.54) is 6.07 Å². The summed E-state index contributed by atoms with van der Waals surface area (Å²) in [7, 11) is 0. The first-order chi connectivity index (χ1) is 21.2. The number of hydrogen-bond donors (Lipinski definition) is 5. The molecule has 4 amide bonds. The van der Waals surface area contributed by atoms with Gasteiger partial charge in [0.05, 0.1) is 12.2 Å². The fourth-order valence-electron chi connectivity index (χ4n) is 4.75. The fourth-order valence-corrected chi connectivity index (χ4v) is 4.75. The van der Waals surface area contributed by atoms with Gasteiger partial charge in [-0.1, -0.05) is 42.5 Å². The molecular weight excluding hydrogens is 572 g/mol.